The van der Waals surface area contributed by atoms with Crippen LogP contribution in [0.2, 0.25) is 0 Å². The highest BCUT2D eigenvalue weighted by atomic mass is 32.1. The fourth-order valence-corrected chi connectivity index (χ4v) is 2.61. The summed E-state index contributed by atoms with van der Waals surface area (Å²) in [5.74, 6) is 0. The maximum atomic E-state index is 11.8. The van der Waals surface area contributed by atoms with Gasteiger partial charge in [-0.25, -0.2) is 4.79 Å². The lowest BCUT2D eigenvalue weighted by Crippen LogP contribution is -2.30. The first-order chi connectivity index (χ1) is 7.11. The number of nitrogens with one attached hydrogen (secondary N) is 1. The molecule has 1 N–H and O–H groups in total. The largest absolute Gasteiger partial charge is 0.326 e. The van der Waals surface area contributed by atoms with Crippen LogP contribution in [0.25, 0.3) is 0 Å². The molecule has 1 aromatic rings. The van der Waals surface area contributed by atoms with Crippen LogP contribution in [-0.2, 0) is 12.8 Å². The topological polar surface area (TPSA) is 37.8 Å². The first-order valence-electron chi connectivity index (χ1n) is 5.48. The molecular formula is C11H16N2OS. The predicted octanol–water partition coefficient (Wildman–Crippen LogP) is 2.37. The Bertz CT molecular complexity index is 484. The molecule has 82 valence electrons. The van der Waals surface area contributed by atoms with Crippen molar-refractivity contribution in [3.63, 3.8) is 0 Å². The van der Waals surface area contributed by atoms with Gasteiger partial charge in [0.1, 0.15) is 4.64 Å². The minimum atomic E-state index is -0.0596. The molecule has 3 nitrogen and oxygen atoms in total. The Hall–Kier alpha value is -0.900. The van der Waals surface area contributed by atoms with Gasteiger partial charge in [-0.05, 0) is 39.5 Å². The zero-order chi connectivity index (χ0) is 11.0. The molecule has 0 amide bonds. The van der Waals surface area contributed by atoms with Crippen molar-refractivity contribution in [1.82, 2.24) is 9.55 Å². The van der Waals surface area contributed by atoms with E-state index in [0.29, 0.717) is 4.64 Å². The lowest BCUT2D eigenvalue weighted by atomic mass is 9.97. The Kier molecular flexibility index (Phi) is 2.78. The van der Waals surface area contributed by atoms with Gasteiger partial charge in [0.2, 0.25) is 0 Å². The van der Waals surface area contributed by atoms with Crippen molar-refractivity contribution >= 4 is 12.2 Å². The highest BCUT2D eigenvalue weighted by Crippen LogP contribution is 2.21. The van der Waals surface area contributed by atoms with E-state index in [1.165, 1.54) is 12.0 Å². The van der Waals surface area contributed by atoms with E-state index >= 15 is 0 Å². The summed E-state index contributed by atoms with van der Waals surface area (Å²) in [6, 6.07) is 0.205. The van der Waals surface area contributed by atoms with Gasteiger partial charge in [-0.2, -0.15) is 0 Å². The third-order valence-corrected chi connectivity index (χ3v) is 3.31. The van der Waals surface area contributed by atoms with Crippen molar-refractivity contribution < 1.29 is 0 Å². The van der Waals surface area contributed by atoms with Gasteiger partial charge in [-0.1, -0.05) is 12.2 Å². The molecular weight excluding hydrogens is 208 g/mol. The van der Waals surface area contributed by atoms with E-state index in [1.807, 2.05) is 18.4 Å². The van der Waals surface area contributed by atoms with Crippen LogP contribution in [0.4, 0.5) is 0 Å². The van der Waals surface area contributed by atoms with Crippen LogP contribution >= 0.6 is 12.2 Å². The van der Waals surface area contributed by atoms with Crippen molar-refractivity contribution in [1.29, 1.82) is 0 Å². The molecule has 1 aliphatic rings. The summed E-state index contributed by atoms with van der Waals surface area (Å²) in [7, 11) is 0. The van der Waals surface area contributed by atoms with Crippen LogP contribution in [0, 0.1) is 4.64 Å². The standard InChI is InChI=1S/C11H16N2OS/c1-7(2)13-9-6-4-3-5-8(9)10(15)12-11(13)14/h7H,3-6H2,1-2H3,(H,12,14,15). The zero-order valence-corrected chi connectivity index (χ0v) is 9.99. The highest BCUT2D eigenvalue weighted by Gasteiger charge is 2.17. The molecule has 0 unspecified atom stereocenters. The number of H-pyrrole nitrogens is 1. The van der Waals surface area contributed by atoms with Crippen LogP contribution in [0.15, 0.2) is 4.79 Å². The summed E-state index contributed by atoms with van der Waals surface area (Å²) < 4.78 is 2.50. The van der Waals surface area contributed by atoms with Crippen molar-refractivity contribution in [2.24, 2.45) is 0 Å². The maximum absolute atomic E-state index is 11.8. The van der Waals surface area contributed by atoms with Gasteiger partial charge < -0.3 is 0 Å². The summed E-state index contributed by atoms with van der Waals surface area (Å²) in [5.41, 5.74) is 2.28. The van der Waals surface area contributed by atoms with Crippen LogP contribution in [0.5, 0.6) is 0 Å². The third kappa shape index (κ3) is 1.78. The Morgan fingerprint density at radius 2 is 2.00 bits per heavy atom. The van der Waals surface area contributed by atoms with Crippen molar-refractivity contribution in [2.75, 3.05) is 0 Å². The number of aromatic amines is 1. The Labute approximate surface area is 94.1 Å². The lowest BCUT2D eigenvalue weighted by Gasteiger charge is -2.22. The second-order valence-electron chi connectivity index (χ2n) is 4.36. The smallest absolute Gasteiger partial charge is 0.298 e. The monoisotopic (exact) mass is 224 g/mol. The molecule has 0 saturated heterocycles. The maximum Gasteiger partial charge on any atom is 0.326 e. The molecule has 15 heavy (non-hydrogen) atoms. The molecule has 1 heterocycles. The number of rotatable bonds is 1. The second-order valence-corrected chi connectivity index (χ2v) is 4.76. The molecule has 0 aliphatic heterocycles. The quantitative estimate of drug-likeness (QED) is 0.744. The predicted molar refractivity (Wildman–Crippen MR) is 62.9 cm³/mol. The minimum Gasteiger partial charge on any atom is -0.298 e. The average molecular weight is 224 g/mol. The number of nitrogens with zero attached hydrogens (tertiary/aromatic N) is 1. The molecule has 1 aliphatic carbocycles. The number of hydrogen-bond acceptors (Lipinski definition) is 2. The van der Waals surface area contributed by atoms with E-state index < -0.39 is 0 Å². The highest BCUT2D eigenvalue weighted by molar-refractivity contribution is 7.71. The van der Waals surface area contributed by atoms with Crippen LogP contribution in [0.1, 0.15) is 44.0 Å². The van der Waals surface area contributed by atoms with Gasteiger partial charge in [0.05, 0.1) is 0 Å². The molecule has 0 atom stereocenters. The molecule has 0 radical (unpaired) electrons. The van der Waals surface area contributed by atoms with Gasteiger partial charge in [0.25, 0.3) is 0 Å². The van der Waals surface area contributed by atoms with Crippen LogP contribution < -0.4 is 5.69 Å². The summed E-state index contributed by atoms with van der Waals surface area (Å²) in [5, 5.41) is 0. The molecule has 0 aromatic carbocycles. The summed E-state index contributed by atoms with van der Waals surface area (Å²) >= 11 is 5.20. The first-order valence-corrected chi connectivity index (χ1v) is 5.88. The zero-order valence-electron chi connectivity index (χ0n) is 9.17. The summed E-state index contributed by atoms with van der Waals surface area (Å²) in [4.78, 5) is 14.6. The van der Waals surface area contributed by atoms with E-state index in [9.17, 15) is 4.79 Å². The normalized spacial score (nSPS) is 15.4. The number of hydrogen-bond donors (Lipinski definition) is 1. The average Bonchev–Trinajstić information content (AvgIpc) is 2.17. The van der Waals surface area contributed by atoms with Gasteiger partial charge in [0, 0.05) is 17.3 Å². The number of fused-ring (bicyclic) bond motifs is 1. The fraction of sp³-hybridized carbons (Fsp3) is 0.636. The lowest BCUT2D eigenvalue weighted by molar-refractivity contribution is 0.504. The van der Waals surface area contributed by atoms with E-state index in [1.54, 1.807) is 0 Å². The Morgan fingerprint density at radius 3 is 2.67 bits per heavy atom. The Morgan fingerprint density at radius 1 is 1.33 bits per heavy atom. The van der Waals surface area contributed by atoms with Crippen molar-refractivity contribution in [3.05, 3.63) is 26.4 Å². The number of aromatic nitrogens is 2. The minimum absolute atomic E-state index is 0.0596. The van der Waals surface area contributed by atoms with Crippen LogP contribution in [-0.4, -0.2) is 9.55 Å². The SMILES string of the molecule is CC(C)n1c2c(c(=S)[nH]c1=O)CCCC2. The molecule has 0 fully saturated rings. The van der Waals surface area contributed by atoms with E-state index in [0.717, 1.165) is 25.0 Å². The molecule has 0 spiro atoms. The van der Waals surface area contributed by atoms with Gasteiger partial charge in [-0.15, -0.1) is 0 Å². The molecule has 1 aromatic heterocycles. The summed E-state index contributed by atoms with van der Waals surface area (Å²) in [6.45, 7) is 4.07. The molecule has 4 heteroatoms. The first kappa shape index (κ1) is 10.6. The van der Waals surface area contributed by atoms with Crippen molar-refractivity contribution in [2.45, 2.75) is 45.6 Å². The second kappa shape index (κ2) is 3.93. The van der Waals surface area contributed by atoms with Gasteiger partial charge >= 0.3 is 5.69 Å². The molecule has 0 saturated carbocycles. The van der Waals surface area contributed by atoms with Gasteiger partial charge in [-0.3, -0.25) is 9.55 Å². The third-order valence-electron chi connectivity index (χ3n) is 2.96. The van der Waals surface area contributed by atoms with E-state index in [2.05, 4.69) is 4.98 Å². The van der Waals surface area contributed by atoms with E-state index in [-0.39, 0.29) is 11.7 Å². The van der Waals surface area contributed by atoms with Crippen LogP contribution in [0.3, 0.4) is 0 Å². The Balaban J connectivity index is 2.75. The molecule has 0 bridgehead atoms. The summed E-state index contributed by atoms with van der Waals surface area (Å²) in [6.07, 6.45) is 4.34. The fourth-order valence-electron chi connectivity index (χ4n) is 2.30. The van der Waals surface area contributed by atoms with Crippen molar-refractivity contribution in [3.8, 4) is 0 Å². The van der Waals surface area contributed by atoms with Gasteiger partial charge in [0.15, 0.2) is 0 Å². The molecule has 2 rings (SSSR count). The van der Waals surface area contributed by atoms with E-state index in [4.69, 9.17) is 12.2 Å².